The van der Waals surface area contributed by atoms with Crippen LogP contribution in [0.5, 0.6) is 0 Å². The number of carbonyl (C=O) groups is 2. The summed E-state index contributed by atoms with van der Waals surface area (Å²) >= 11 is 0. The lowest BCUT2D eigenvalue weighted by Gasteiger charge is -2.12. The molecule has 2 N–H and O–H groups in total. The van der Waals surface area contributed by atoms with Crippen molar-refractivity contribution in [3.63, 3.8) is 0 Å². The molecule has 0 unspecified atom stereocenters. The number of anilines is 1. The fraction of sp³-hybridized carbons (Fsp3) is 0.0667. The molecule has 184 valence electrons. The minimum atomic E-state index is -0.421. The van der Waals surface area contributed by atoms with Crippen LogP contribution in [0.25, 0.3) is 10.9 Å². The van der Waals surface area contributed by atoms with Crippen LogP contribution in [0.2, 0.25) is 0 Å². The maximum atomic E-state index is 13.9. The van der Waals surface area contributed by atoms with Gasteiger partial charge in [-0.3, -0.25) is 9.59 Å². The van der Waals surface area contributed by atoms with E-state index in [4.69, 9.17) is 0 Å². The van der Waals surface area contributed by atoms with Crippen LogP contribution in [-0.4, -0.2) is 16.4 Å². The monoisotopic (exact) mass is 495 g/mol. The van der Waals surface area contributed by atoms with Crippen molar-refractivity contribution in [3.8, 4) is 0 Å². The standard InChI is InChI=1S/C30H23F2N3O2/c31-24-11-9-22(10-12-24)29(36)34-26-13-14-27-23(16-26)17-28(30(37)33-18-20-5-2-1-3-6-20)35(27)19-21-7-4-8-25(32)15-21/h1-17H,18-19H2,(H,33,37)(H,34,36). The van der Waals surface area contributed by atoms with E-state index in [0.717, 1.165) is 16.5 Å². The molecule has 4 aromatic carbocycles. The van der Waals surface area contributed by atoms with Crippen molar-refractivity contribution >= 4 is 28.4 Å². The molecule has 5 rings (SSSR count). The number of fused-ring (bicyclic) bond motifs is 1. The van der Waals surface area contributed by atoms with Gasteiger partial charge in [-0.05, 0) is 71.8 Å². The molecule has 0 spiro atoms. The van der Waals surface area contributed by atoms with Gasteiger partial charge in [-0.2, -0.15) is 0 Å². The molecule has 0 saturated carbocycles. The Balaban J connectivity index is 1.46. The van der Waals surface area contributed by atoms with Crippen molar-refractivity contribution in [3.05, 3.63) is 137 Å². The van der Waals surface area contributed by atoms with Crippen LogP contribution in [0.3, 0.4) is 0 Å². The maximum absolute atomic E-state index is 13.9. The number of carbonyl (C=O) groups excluding carboxylic acids is 2. The van der Waals surface area contributed by atoms with Crippen molar-refractivity contribution in [1.82, 2.24) is 9.88 Å². The molecule has 0 aliphatic carbocycles. The molecule has 0 radical (unpaired) electrons. The summed E-state index contributed by atoms with van der Waals surface area (Å²) in [7, 11) is 0. The molecule has 0 fully saturated rings. The molecule has 1 aromatic heterocycles. The summed E-state index contributed by atoms with van der Waals surface area (Å²) in [5.41, 5.74) is 3.70. The van der Waals surface area contributed by atoms with Gasteiger partial charge in [-0.1, -0.05) is 42.5 Å². The van der Waals surface area contributed by atoms with E-state index in [1.807, 2.05) is 41.0 Å². The van der Waals surface area contributed by atoms with Gasteiger partial charge in [0.05, 0.1) is 0 Å². The Hall–Kier alpha value is -4.78. The van der Waals surface area contributed by atoms with Gasteiger partial charge < -0.3 is 15.2 Å². The number of rotatable bonds is 7. The molecule has 0 saturated heterocycles. The number of nitrogens with one attached hydrogen (secondary N) is 2. The minimum Gasteiger partial charge on any atom is -0.347 e. The Kier molecular flexibility index (Phi) is 6.76. The van der Waals surface area contributed by atoms with Crippen LogP contribution in [0.15, 0.2) is 103 Å². The lowest BCUT2D eigenvalue weighted by molar-refractivity contribution is 0.0941. The number of benzene rings is 4. The normalized spacial score (nSPS) is 10.9. The van der Waals surface area contributed by atoms with Gasteiger partial charge >= 0.3 is 0 Å². The number of halogens is 2. The van der Waals surface area contributed by atoms with Crippen molar-refractivity contribution < 1.29 is 18.4 Å². The molecule has 7 heteroatoms. The fourth-order valence-corrected chi connectivity index (χ4v) is 4.20. The van der Waals surface area contributed by atoms with Gasteiger partial charge in [0.2, 0.25) is 0 Å². The predicted octanol–water partition coefficient (Wildman–Crippen LogP) is 6.15. The van der Waals surface area contributed by atoms with Gasteiger partial charge in [-0.15, -0.1) is 0 Å². The number of nitrogens with zero attached hydrogens (tertiary/aromatic N) is 1. The van der Waals surface area contributed by atoms with Crippen LogP contribution < -0.4 is 10.6 Å². The summed E-state index contributed by atoms with van der Waals surface area (Å²) in [6.45, 7) is 0.650. The van der Waals surface area contributed by atoms with Gasteiger partial charge in [0.1, 0.15) is 17.3 Å². The van der Waals surface area contributed by atoms with Crippen LogP contribution in [-0.2, 0) is 13.1 Å². The Labute approximate surface area is 212 Å². The predicted molar refractivity (Wildman–Crippen MR) is 139 cm³/mol. The Morgan fingerprint density at radius 2 is 1.46 bits per heavy atom. The maximum Gasteiger partial charge on any atom is 0.268 e. The average Bonchev–Trinajstić information content (AvgIpc) is 3.25. The SMILES string of the molecule is O=C(Nc1ccc2c(c1)cc(C(=O)NCc1ccccc1)n2Cc1cccc(F)c1)c1ccc(F)cc1. The molecule has 1 heterocycles. The third-order valence-corrected chi connectivity index (χ3v) is 6.02. The first-order valence-corrected chi connectivity index (χ1v) is 11.7. The lowest BCUT2D eigenvalue weighted by Crippen LogP contribution is -2.25. The van der Waals surface area contributed by atoms with E-state index >= 15 is 0 Å². The van der Waals surface area contributed by atoms with E-state index in [1.165, 1.54) is 36.4 Å². The molecule has 2 amide bonds. The summed E-state index contributed by atoms with van der Waals surface area (Å²) in [6, 6.07) is 28.2. The molecular formula is C30H23F2N3O2. The number of hydrogen-bond donors (Lipinski definition) is 2. The fourth-order valence-electron chi connectivity index (χ4n) is 4.20. The van der Waals surface area contributed by atoms with Crippen molar-refractivity contribution in [2.75, 3.05) is 5.32 Å². The highest BCUT2D eigenvalue weighted by Gasteiger charge is 2.17. The van der Waals surface area contributed by atoms with E-state index in [2.05, 4.69) is 10.6 Å². The van der Waals surface area contributed by atoms with E-state index in [-0.39, 0.29) is 24.2 Å². The van der Waals surface area contributed by atoms with Crippen LogP contribution in [0.4, 0.5) is 14.5 Å². The van der Waals surface area contributed by atoms with E-state index < -0.39 is 5.82 Å². The van der Waals surface area contributed by atoms with Crippen molar-refractivity contribution in [2.24, 2.45) is 0 Å². The molecule has 5 aromatic rings. The van der Waals surface area contributed by atoms with Crippen LogP contribution in [0.1, 0.15) is 32.0 Å². The highest BCUT2D eigenvalue weighted by molar-refractivity contribution is 6.06. The number of hydrogen-bond acceptors (Lipinski definition) is 2. The van der Waals surface area contributed by atoms with E-state index in [1.54, 1.807) is 30.3 Å². The molecule has 0 aliphatic heterocycles. The summed E-state index contributed by atoms with van der Waals surface area (Å²) in [5, 5.41) is 6.50. The Morgan fingerprint density at radius 1 is 0.703 bits per heavy atom. The Morgan fingerprint density at radius 3 is 2.22 bits per heavy atom. The van der Waals surface area contributed by atoms with Gasteiger partial charge in [-0.25, -0.2) is 8.78 Å². The summed E-state index contributed by atoms with van der Waals surface area (Å²) in [6.07, 6.45) is 0. The first-order chi connectivity index (χ1) is 18.0. The summed E-state index contributed by atoms with van der Waals surface area (Å²) < 4.78 is 28.9. The lowest BCUT2D eigenvalue weighted by atomic mass is 10.2. The second-order valence-electron chi connectivity index (χ2n) is 8.65. The first-order valence-electron chi connectivity index (χ1n) is 11.7. The molecule has 0 aliphatic rings. The average molecular weight is 496 g/mol. The number of amides is 2. The molecule has 5 nitrogen and oxygen atoms in total. The Bertz CT molecular complexity index is 1580. The topological polar surface area (TPSA) is 63.1 Å². The third kappa shape index (κ3) is 5.56. The second-order valence-corrected chi connectivity index (χ2v) is 8.65. The van der Waals surface area contributed by atoms with Crippen molar-refractivity contribution in [2.45, 2.75) is 13.1 Å². The highest BCUT2D eigenvalue weighted by atomic mass is 19.1. The highest BCUT2D eigenvalue weighted by Crippen LogP contribution is 2.26. The smallest absolute Gasteiger partial charge is 0.268 e. The zero-order valence-corrected chi connectivity index (χ0v) is 19.7. The zero-order valence-electron chi connectivity index (χ0n) is 19.7. The minimum absolute atomic E-state index is 0.270. The van der Waals surface area contributed by atoms with Gasteiger partial charge in [0, 0.05) is 35.2 Å². The molecule has 37 heavy (non-hydrogen) atoms. The molecule has 0 atom stereocenters. The van der Waals surface area contributed by atoms with Gasteiger partial charge in [0.15, 0.2) is 0 Å². The molecule has 0 bridgehead atoms. The van der Waals surface area contributed by atoms with Crippen LogP contribution >= 0.6 is 0 Å². The second kappa shape index (κ2) is 10.5. The van der Waals surface area contributed by atoms with Gasteiger partial charge in [0.25, 0.3) is 11.8 Å². The summed E-state index contributed by atoms with van der Waals surface area (Å²) in [5.74, 6) is -1.42. The first kappa shape index (κ1) is 23.9. The number of aromatic nitrogens is 1. The third-order valence-electron chi connectivity index (χ3n) is 6.02. The molecular weight excluding hydrogens is 472 g/mol. The van der Waals surface area contributed by atoms with E-state index in [0.29, 0.717) is 29.1 Å². The zero-order chi connectivity index (χ0) is 25.8. The summed E-state index contributed by atoms with van der Waals surface area (Å²) in [4.78, 5) is 25.8. The largest absolute Gasteiger partial charge is 0.347 e. The van der Waals surface area contributed by atoms with E-state index in [9.17, 15) is 18.4 Å². The quantitative estimate of drug-likeness (QED) is 0.285. The van der Waals surface area contributed by atoms with Crippen LogP contribution in [0, 0.1) is 11.6 Å². The van der Waals surface area contributed by atoms with Crippen molar-refractivity contribution in [1.29, 1.82) is 0 Å².